The Morgan fingerprint density at radius 2 is 1.80 bits per heavy atom. The topological polar surface area (TPSA) is 62.4 Å². The third-order valence-corrected chi connectivity index (χ3v) is 6.05. The van der Waals surface area contributed by atoms with Crippen LogP contribution in [0.5, 0.6) is 0 Å². The van der Waals surface area contributed by atoms with Crippen LogP contribution in [-0.4, -0.2) is 38.8 Å². The highest BCUT2D eigenvalue weighted by molar-refractivity contribution is 5.81. The summed E-state index contributed by atoms with van der Waals surface area (Å²) in [6.45, 7) is 2.58. The van der Waals surface area contributed by atoms with Crippen LogP contribution >= 0.6 is 0 Å². The van der Waals surface area contributed by atoms with Crippen molar-refractivity contribution in [1.82, 2.24) is 15.0 Å². The molecule has 5 nitrogen and oxygen atoms in total. The highest BCUT2D eigenvalue weighted by Gasteiger charge is 2.34. The van der Waals surface area contributed by atoms with Crippen LogP contribution in [0.2, 0.25) is 0 Å². The van der Waals surface area contributed by atoms with E-state index in [1.165, 1.54) is 10.9 Å². The first-order valence-corrected chi connectivity index (χ1v) is 10.5. The summed E-state index contributed by atoms with van der Waals surface area (Å²) in [5.41, 5.74) is 3.41. The van der Waals surface area contributed by atoms with Gasteiger partial charge in [0, 0.05) is 49.3 Å². The number of hydrogen-bond donors (Lipinski definition) is 1. The molecule has 0 unspecified atom stereocenters. The predicted molar refractivity (Wildman–Crippen MR) is 117 cm³/mol. The van der Waals surface area contributed by atoms with Gasteiger partial charge in [0.05, 0.1) is 11.1 Å². The molecule has 2 aromatic carbocycles. The molecule has 0 saturated carbocycles. The molecule has 1 aliphatic heterocycles. The van der Waals surface area contributed by atoms with E-state index in [-0.39, 0.29) is 0 Å². The largest absolute Gasteiger partial charge is 0.389 e. The minimum Gasteiger partial charge on any atom is -0.389 e. The molecule has 1 fully saturated rings. The molecule has 3 heterocycles. The second-order valence-electron chi connectivity index (χ2n) is 8.21. The molecule has 0 radical (unpaired) electrons. The summed E-state index contributed by atoms with van der Waals surface area (Å²) in [7, 11) is 0. The van der Waals surface area contributed by atoms with Crippen molar-refractivity contribution in [2.24, 2.45) is 0 Å². The number of fused-ring (bicyclic) bond motifs is 1. The van der Waals surface area contributed by atoms with Crippen LogP contribution in [-0.2, 0) is 13.0 Å². The van der Waals surface area contributed by atoms with Crippen molar-refractivity contribution in [2.75, 3.05) is 13.1 Å². The molecule has 1 saturated heterocycles. The van der Waals surface area contributed by atoms with Gasteiger partial charge in [-0.1, -0.05) is 53.7 Å². The molecule has 0 aliphatic carbocycles. The Morgan fingerprint density at radius 3 is 2.63 bits per heavy atom. The maximum atomic E-state index is 11.1. The zero-order chi connectivity index (χ0) is 20.4. The van der Waals surface area contributed by atoms with Gasteiger partial charge in [-0.05, 0) is 30.5 Å². The fourth-order valence-corrected chi connectivity index (χ4v) is 4.32. The second kappa shape index (κ2) is 8.01. The van der Waals surface area contributed by atoms with E-state index in [4.69, 9.17) is 4.52 Å². The molecule has 1 N–H and O–H groups in total. The van der Waals surface area contributed by atoms with Crippen LogP contribution in [0.1, 0.15) is 24.2 Å². The first-order chi connectivity index (χ1) is 14.7. The SMILES string of the molecule is OC1(Cc2cc(-c3ccccc3)no2)CCN(Cc2cccc3ncccc23)CC1. The summed E-state index contributed by atoms with van der Waals surface area (Å²) in [6.07, 6.45) is 3.77. The Morgan fingerprint density at radius 1 is 0.967 bits per heavy atom. The average Bonchev–Trinajstić information content (AvgIpc) is 3.24. The quantitative estimate of drug-likeness (QED) is 0.537. The normalized spacial score (nSPS) is 16.7. The standard InChI is InChI=1S/C25H25N3O2/c29-25(17-21-16-24(27-30-21)19-6-2-1-3-7-19)11-14-28(15-12-25)18-20-8-4-10-23-22(20)9-5-13-26-23/h1-10,13,16,29H,11-12,14-15,17-18H2. The molecule has 5 rings (SSSR count). The van der Waals surface area contributed by atoms with Crippen molar-refractivity contribution >= 4 is 10.9 Å². The fraction of sp³-hybridized carbons (Fsp3) is 0.280. The molecule has 152 valence electrons. The minimum atomic E-state index is -0.746. The van der Waals surface area contributed by atoms with Crippen LogP contribution in [0.3, 0.4) is 0 Å². The van der Waals surface area contributed by atoms with Crippen molar-refractivity contribution in [3.63, 3.8) is 0 Å². The summed E-state index contributed by atoms with van der Waals surface area (Å²) in [5, 5.41) is 16.5. The van der Waals surface area contributed by atoms with Gasteiger partial charge in [-0.15, -0.1) is 0 Å². The van der Waals surface area contributed by atoms with Gasteiger partial charge < -0.3 is 9.63 Å². The molecular weight excluding hydrogens is 374 g/mol. The van der Waals surface area contributed by atoms with E-state index in [0.29, 0.717) is 6.42 Å². The number of pyridine rings is 1. The van der Waals surface area contributed by atoms with Crippen LogP contribution in [0.15, 0.2) is 77.4 Å². The summed E-state index contributed by atoms with van der Waals surface area (Å²) >= 11 is 0. The van der Waals surface area contributed by atoms with Crippen molar-refractivity contribution in [3.8, 4) is 11.3 Å². The Kier molecular flexibility index (Phi) is 5.07. The van der Waals surface area contributed by atoms with Crippen LogP contribution in [0.25, 0.3) is 22.2 Å². The summed E-state index contributed by atoms with van der Waals surface area (Å²) in [4.78, 5) is 6.86. The first-order valence-electron chi connectivity index (χ1n) is 10.5. The van der Waals surface area contributed by atoms with E-state index in [2.05, 4.69) is 39.3 Å². The smallest absolute Gasteiger partial charge is 0.140 e. The predicted octanol–water partition coefficient (Wildman–Crippen LogP) is 4.46. The molecule has 4 aromatic rings. The first kappa shape index (κ1) is 19.0. The van der Waals surface area contributed by atoms with Crippen molar-refractivity contribution < 1.29 is 9.63 Å². The summed E-state index contributed by atoms with van der Waals surface area (Å²) < 4.78 is 5.53. The molecule has 30 heavy (non-hydrogen) atoms. The molecule has 0 spiro atoms. The lowest BCUT2D eigenvalue weighted by Crippen LogP contribution is -2.45. The highest BCUT2D eigenvalue weighted by atomic mass is 16.5. The number of benzene rings is 2. The molecule has 5 heteroatoms. The van der Waals surface area contributed by atoms with E-state index in [1.807, 2.05) is 48.7 Å². The van der Waals surface area contributed by atoms with E-state index < -0.39 is 5.60 Å². The third kappa shape index (κ3) is 3.99. The van der Waals surface area contributed by atoms with Gasteiger partial charge in [0.25, 0.3) is 0 Å². The zero-order valence-electron chi connectivity index (χ0n) is 16.9. The number of aliphatic hydroxyl groups is 1. The maximum Gasteiger partial charge on any atom is 0.140 e. The fourth-order valence-electron chi connectivity index (χ4n) is 4.32. The number of hydrogen-bond acceptors (Lipinski definition) is 5. The molecule has 0 amide bonds. The lowest BCUT2D eigenvalue weighted by Gasteiger charge is -2.37. The van der Waals surface area contributed by atoms with E-state index in [1.54, 1.807) is 0 Å². The Bertz CT molecular complexity index is 1130. The lowest BCUT2D eigenvalue weighted by molar-refractivity contribution is -0.0264. The maximum absolute atomic E-state index is 11.1. The van der Waals surface area contributed by atoms with Gasteiger partial charge in [0.15, 0.2) is 0 Å². The van der Waals surface area contributed by atoms with Crippen LogP contribution < -0.4 is 0 Å². The average molecular weight is 399 g/mol. The molecular formula is C25H25N3O2. The van der Waals surface area contributed by atoms with Gasteiger partial charge in [0.1, 0.15) is 11.5 Å². The minimum absolute atomic E-state index is 0.499. The lowest BCUT2D eigenvalue weighted by atomic mass is 9.87. The van der Waals surface area contributed by atoms with Gasteiger partial charge in [-0.25, -0.2) is 0 Å². The third-order valence-electron chi connectivity index (χ3n) is 6.05. The summed E-state index contributed by atoms with van der Waals surface area (Å²) in [5.74, 6) is 0.741. The van der Waals surface area contributed by atoms with E-state index >= 15 is 0 Å². The molecule has 1 aliphatic rings. The van der Waals surface area contributed by atoms with Crippen molar-refractivity contribution in [1.29, 1.82) is 0 Å². The highest BCUT2D eigenvalue weighted by Crippen LogP contribution is 2.29. The van der Waals surface area contributed by atoms with Gasteiger partial charge in [-0.3, -0.25) is 9.88 Å². The number of nitrogens with zero attached hydrogens (tertiary/aromatic N) is 3. The van der Waals surface area contributed by atoms with Crippen LogP contribution in [0.4, 0.5) is 0 Å². The van der Waals surface area contributed by atoms with Crippen LogP contribution in [0, 0.1) is 0 Å². The summed E-state index contributed by atoms with van der Waals surface area (Å²) in [6, 6.07) is 22.3. The van der Waals surface area contributed by atoms with Gasteiger partial charge in [0.2, 0.25) is 0 Å². The number of rotatable bonds is 5. The van der Waals surface area contributed by atoms with E-state index in [0.717, 1.165) is 55.0 Å². The molecule has 0 atom stereocenters. The Hall–Kier alpha value is -3.02. The Balaban J connectivity index is 1.22. The number of aromatic nitrogens is 2. The Labute approximate surface area is 176 Å². The van der Waals surface area contributed by atoms with Crippen molar-refractivity contribution in [2.45, 2.75) is 31.4 Å². The van der Waals surface area contributed by atoms with Gasteiger partial charge >= 0.3 is 0 Å². The number of piperidine rings is 1. The second-order valence-corrected chi connectivity index (χ2v) is 8.21. The zero-order valence-corrected chi connectivity index (χ0v) is 16.9. The molecule has 2 aromatic heterocycles. The molecule has 0 bridgehead atoms. The van der Waals surface area contributed by atoms with Gasteiger partial charge in [-0.2, -0.15) is 0 Å². The monoisotopic (exact) mass is 399 g/mol. The number of likely N-dealkylation sites (tertiary alicyclic amines) is 1. The van der Waals surface area contributed by atoms with Crippen molar-refractivity contribution in [3.05, 3.63) is 84.3 Å². The van der Waals surface area contributed by atoms with E-state index in [9.17, 15) is 5.11 Å².